The van der Waals surface area contributed by atoms with Gasteiger partial charge in [-0.3, -0.25) is 0 Å². The minimum absolute atomic E-state index is 0. The van der Waals surface area contributed by atoms with Crippen LogP contribution in [0.5, 0.6) is 0 Å². The monoisotopic (exact) mass is 248 g/mol. The molecule has 1 aromatic carbocycles. The van der Waals surface area contributed by atoms with Crippen molar-refractivity contribution in [3.63, 3.8) is 0 Å². The number of anilines is 1. The zero-order valence-electron chi connectivity index (χ0n) is 7.61. The normalized spacial score (nSPS) is 8.60. The number of benzene rings is 1. The van der Waals surface area contributed by atoms with Gasteiger partial charge in [0.2, 0.25) is 0 Å². The Morgan fingerprint density at radius 3 is 2.27 bits per heavy atom. The summed E-state index contributed by atoms with van der Waals surface area (Å²) in [5.41, 5.74) is 10.6. The smallest absolute Gasteiger partial charge is 0.348 e. The Morgan fingerprint density at radius 2 is 1.80 bits per heavy atom. The summed E-state index contributed by atoms with van der Waals surface area (Å²) in [6.07, 6.45) is 0. The van der Waals surface area contributed by atoms with Crippen molar-refractivity contribution in [2.75, 3.05) is 5.32 Å². The minimum Gasteiger partial charge on any atom is -0.370 e. The molecule has 0 saturated carbocycles. The zero-order valence-corrected chi connectivity index (χ0v) is 9.18. The molecule has 5 nitrogen and oxygen atoms in total. The number of rotatable bonds is 1. The number of aliphatic imine (C=N–C) groups is 1. The molecule has 5 N–H and O–H groups in total. The van der Waals surface area contributed by atoms with Gasteiger partial charge in [-0.25, -0.2) is 4.79 Å². The topological polar surface area (TPSA) is 93.5 Å². The molecule has 0 aliphatic heterocycles. The summed E-state index contributed by atoms with van der Waals surface area (Å²) in [4.78, 5) is 14.3. The molecule has 1 aromatic rings. The predicted octanol–water partition coefficient (Wildman–Crippen LogP) is 1.57. The Balaban J connectivity index is 0.00000196. The molecule has 1 rings (SSSR count). The average Bonchev–Trinajstić information content (AvgIpc) is 2.07. The lowest BCUT2D eigenvalue weighted by Crippen LogP contribution is -2.25. The molecule has 0 aliphatic carbocycles. The molecule has 2 amide bonds. The Labute approximate surface area is 97.9 Å². The standard InChI is InChI=1S/C8H9ClN4O.ClH/c9-5-1-3-6(4-2-5)12-8(14)13-7(10)11;/h1-4H,(H5,10,11,12,13,14);1H. The van der Waals surface area contributed by atoms with E-state index in [-0.39, 0.29) is 18.4 Å². The number of guanidine groups is 1. The molecule has 0 saturated heterocycles. The quantitative estimate of drug-likeness (QED) is 0.520. The summed E-state index contributed by atoms with van der Waals surface area (Å²) in [5.74, 6) is -0.281. The van der Waals surface area contributed by atoms with Crippen LogP contribution in [0.25, 0.3) is 0 Å². The third-order valence-electron chi connectivity index (χ3n) is 1.33. The van der Waals surface area contributed by atoms with Gasteiger partial charge in [0.25, 0.3) is 0 Å². The first-order valence-corrected chi connectivity index (χ1v) is 4.12. The van der Waals surface area contributed by atoms with E-state index in [4.69, 9.17) is 23.1 Å². The van der Waals surface area contributed by atoms with E-state index in [0.717, 1.165) is 0 Å². The SMILES string of the molecule is Cl.NC(N)=NC(=O)Nc1ccc(Cl)cc1. The van der Waals surface area contributed by atoms with Crippen molar-refractivity contribution in [2.45, 2.75) is 0 Å². The van der Waals surface area contributed by atoms with E-state index in [1.165, 1.54) is 0 Å². The van der Waals surface area contributed by atoms with Crippen LogP contribution in [0.1, 0.15) is 0 Å². The lowest BCUT2D eigenvalue weighted by atomic mass is 10.3. The Hall–Kier alpha value is -1.46. The zero-order chi connectivity index (χ0) is 10.6. The van der Waals surface area contributed by atoms with Crippen molar-refractivity contribution in [1.29, 1.82) is 0 Å². The fourth-order valence-corrected chi connectivity index (χ4v) is 0.928. The fourth-order valence-electron chi connectivity index (χ4n) is 0.802. The van der Waals surface area contributed by atoms with E-state index < -0.39 is 6.03 Å². The molecule has 0 aliphatic rings. The highest BCUT2D eigenvalue weighted by Gasteiger charge is 1.99. The lowest BCUT2D eigenvalue weighted by Gasteiger charge is -2.00. The predicted molar refractivity (Wildman–Crippen MR) is 63.5 cm³/mol. The largest absolute Gasteiger partial charge is 0.370 e. The second-order valence-electron chi connectivity index (χ2n) is 2.47. The number of urea groups is 1. The minimum atomic E-state index is -0.618. The summed E-state index contributed by atoms with van der Waals surface area (Å²) in [5, 5.41) is 3.04. The first-order valence-electron chi connectivity index (χ1n) is 3.74. The molecular formula is C8H10Cl2N4O. The second kappa shape index (κ2) is 6.10. The van der Waals surface area contributed by atoms with Gasteiger partial charge in [0.15, 0.2) is 5.96 Å². The van der Waals surface area contributed by atoms with E-state index in [9.17, 15) is 4.79 Å². The lowest BCUT2D eigenvalue weighted by molar-refractivity contribution is 0.259. The third-order valence-corrected chi connectivity index (χ3v) is 1.58. The molecule has 0 bridgehead atoms. The van der Waals surface area contributed by atoms with Crippen molar-refractivity contribution in [3.8, 4) is 0 Å². The number of hydrogen-bond donors (Lipinski definition) is 3. The molecule has 7 heteroatoms. The van der Waals surface area contributed by atoms with Crippen molar-refractivity contribution in [3.05, 3.63) is 29.3 Å². The number of nitrogens with zero attached hydrogens (tertiary/aromatic N) is 1. The molecule has 0 spiro atoms. The summed E-state index contributed by atoms with van der Waals surface area (Å²) < 4.78 is 0. The number of amides is 2. The van der Waals surface area contributed by atoms with Crippen molar-refractivity contribution in [1.82, 2.24) is 0 Å². The van der Waals surface area contributed by atoms with E-state index >= 15 is 0 Å². The van der Waals surface area contributed by atoms with Crippen LogP contribution in [0, 0.1) is 0 Å². The number of hydrogen-bond acceptors (Lipinski definition) is 1. The van der Waals surface area contributed by atoms with Crippen LogP contribution in [0.4, 0.5) is 10.5 Å². The third kappa shape index (κ3) is 5.09. The Morgan fingerprint density at radius 1 is 1.27 bits per heavy atom. The second-order valence-corrected chi connectivity index (χ2v) is 2.91. The van der Waals surface area contributed by atoms with Crippen LogP contribution < -0.4 is 16.8 Å². The fraction of sp³-hybridized carbons (Fsp3) is 0. The Kier molecular flexibility index (Phi) is 5.51. The molecule has 0 heterocycles. The van der Waals surface area contributed by atoms with Crippen molar-refractivity contribution < 1.29 is 4.79 Å². The maximum atomic E-state index is 11.0. The van der Waals surface area contributed by atoms with Crippen LogP contribution in [0.3, 0.4) is 0 Å². The molecule has 82 valence electrons. The number of nitrogens with one attached hydrogen (secondary N) is 1. The van der Waals surface area contributed by atoms with Gasteiger partial charge >= 0.3 is 6.03 Å². The maximum Gasteiger partial charge on any atom is 0.348 e. The highest BCUT2D eigenvalue weighted by Crippen LogP contribution is 2.13. The van der Waals surface area contributed by atoms with Gasteiger partial charge in [0.05, 0.1) is 0 Å². The number of halogens is 2. The van der Waals surface area contributed by atoms with E-state index in [2.05, 4.69) is 10.3 Å². The highest BCUT2D eigenvalue weighted by atomic mass is 35.5. The molecular weight excluding hydrogens is 239 g/mol. The number of carbonyl (C=O) groups excluding carboxylic acids is 1. The van der Waals surface area contributed by atoms with Crippen molar-refractivity contribution in [2.24, 2.45) is 16.5 Å². The van der Waals surface area contributed by atoms with Gasteiger partial charge in [0.1, 0.15) is 0 Å². The van der Waals surface area contributed by atoms with Crippen LogP contribution >= 0.6 is 24.0 Å². The maximum absolute atomic E-state index is 11.0. The van der Waals surface area contributed by atoms with Gasteiger partial charge in [-0.15, -0.1) is 12.4 Å². The first kappa shape index (κ1) is 13.5. The van der Waals surface area contributed by atoms with Gasteiger partial charge < -0.3 is 16.8 Å². The highest BCUT2D eigenvalue weighted by molar-refractivity contribution is 6.30. The van der Waals surface area contributed by atoms with Gasteiger partial charge in [0, 0.05) is 10.7 Å². The molecule has 0 fully saturated rings. The Bertz CT molecular complexity index is 359. The van der Waals surface area contributed by atoms with Gasteiger partial charge in [-0.05, 0) is 24.3 Å². The van der Waals surface area contributed by atoms with Crippen molar-refractivity contribution >= 4 is 41.7 Å². The summed E-state index contributed by atoms with van der Waals surface area (Å²) in [6.45, 7) is 0. The summed E-state index contributed by atoms with van der Waals surface area (Å²) in [6, 6.07) is 5.96. The molecule has 0 atom stereocenters. The average molecular weight is 249 g/mol. The molecule has 0 aromatic heterocycles. The summed E-state index contributed by atoms with van der Waals surface area (Å²) >= 11 is 5.65. The van der Waals surface area contributed by atoms with E-state index in [1.807, 2.05) is 0 Å². The number of carbonyl (C=O) groups is 1. The molecule has 0 radical (unpaired) electrons. The molecule has 15 heavy (non-hydrogen) atoms. The van der Waals surface area contributed by atoms with E-state index in [1.54, 1.807) is 24.3 Å². The summed E-state index contributed by atoms with van der Waals surface area (Å²) in [7, 11) is 0. The van der Waals surface area contributed by atoms with Crippen LogP contribution in [0.2, 0.25) is 5.02 Å². The first-order chi connectivity index (χ1) is 6.58. The van der Waals surface area contributed by atoms with Crippen LogP contribution in [-0.2, 0) is 0 Å². The van der Waals surface area contributed by atoms with Gasteiger partial charge in [-0.2, -0.15) is 4.99 Å². The van der Waals surface area contributed by atoms with Crippen LogP contribution in [-0.4, -0.2) is 12.0 Å². The number of nitrogens with two attached hydrogens (primary N) is 2. The van der Waals surface area contributed by atoms with Gasteiger partial charge in [-0.1, -0.05) is 11.6 Å². The van der Waals surface area contributed by atoms with E-state index in [0.29, 0.717) is 10.7 Å². The van der Waals surface area contributed by atoms with Crippen LogP contribution in [0.15, 0.2) is 29.3 Å². The molecule has 0 unspecified atom stereocenters.